The van der Waals surface area contributed by atoms with E-state index < -0.39 is 0 Å². The van der Waals surface area contributed by atoms with Gasteiger partial charge in [-0.05, 0) is 42.6 Å². The van der Waals surface area contributed by atoms with E-state index in [4.69, 9.17) is 5.26 Å². The summed E-state index contributed by atoms with van der Waals surface area (Å²) in [5.41, 5.74) is 1.62. The van der Waals surface area contributed by atoms with E-state index in [9.17, 15) is 0 Å². The van der Waals surface area contributed by atoms with Crippen LogP contribution in [-0.4, -0.2) is 23.5 Å². The summed E-state index contributed by atoms with van der Waals surface area (Å²) in [5.74, 6) is 0. The van der Waals surface area contributed by atoms with Crippen LogP contribution in [-0.2, 0) is 13.0 Å². The third-order valence-electron chi connectivity index (χ3n) is 2.71. The zero-order valence-electron chi connectivity index (χ0n) is 10.3. The van der Waals surface area contributed by atoms with Crippen LogP contribution in [0.1, 0.15) is 16.1 Å². The van der Waals surface area contributed by atoms with Crippen molar-refractivity contribution >= 4 is 11.3 Å². The van der Waals surface area contributed by atoms with Crippen LogP contribution in [0.3, 0.4) is 0 Å². The topological polar surface area (TPSA) is 39.9 Å². The van der Waals surface area contributed by atoms with Crippen molar-refractivity contribution in [2.45, 2.75) is 13.0 Å². The van der Waals surface area contributed by atoms with Gasteiger partial charge in [0.1, 0.15) is 11.8 Å². The monoisotopic (exact) mass is 257 g/mol. The SMILES string of the molecule is CN(CCc1cccs1)Cc1ccnc(C#N)c1. The summed E-state index contributed by atoms with van der Waals surface area (Å²) in [7, 11) is 2.10. The van der Waals surface area contributed by atoms with Crippen molar-refractivity contribution in [1.82, 2.24) is 9.88 Å². The largest absolute Gasteiger partial charge is 0.302 e. The number of hydrogen-bond acceptors (Lipinski definition) is 4. The molecule has 18 heavy (non-hydrogen) atoms. The van der Waals surface area contributed by atoms with Gasteiger partial charge in [-0.2, -0.15) is 5.26 Å². The van der Waals surface area contributed by atoms with Crippen molar-refractivity contribution in [3.05, 3.63) is 52.0 Å². The summed E-state index contributed by atoms with van der Waals surface area (Å²) in [6.07, 6.45) is 2.77. The molecular weight excluding hydrogens is 242 g/mol. The minimum Gasteiger partial charge on any atom is -0.302 e. The summed E-state index contributed by atoms with van der Waals surface area (Å²) in [4.78, 5) is 7.65. The fourth-order valence-corrected chi connectivity index (χ4v) is 2.48. The average molecular weight is 257 g/mol. The molecule has 0 aliphatic heterocycles. The van der Waals surface area contributed by atoms with Crippen molar-refractivity contribution in [1.29, 1.82) is 5.26 Å². The third-order valence-corrected chi connectivity index (χ3v) is 3.65. The van der Waals surface area contributed by atoms with E-state index in [0.717, 1.165) is 25.1 Å². The summed E-state index contributed by atoms with van der Waals surface area (Å²) in [6, 6.07) is 10.1. The van der Waals surface area contributed by atoms with Crippen LogP contribution in [0.15, 0.2) is 35.8 Å². The maximum atomic E-state index is 8.80. The predicted octanol–water partition coefficient (Wildman–Crippen LogP) is 2.69. The molecule has 0 saturated heterocycles. The van der Waals surface area contributed by atoms with Crippen LogP contribution in [0.25, 0.3) is 0 Å². The van der Waals surface area contributed by atoms with Crippen LogP contribution in [0.4, 0.5) is 0 Å². The second-order valence-electron chi connectivity index (χ2n) is 4.23. The average Bonchev–Trinajstić information content (AvgIpc) is 2.90. The van der Waals surface area contributed by atoms with Gasteiger partial charge in [-0.15, -0.1) is 11.3 Å². The van der Waals surface area contributed by atoms with Gasteiger partial charge in [0.15, 0.2) is 0 Å². The van der Waals surface area contributed by atoms with E-state index in [1.54, 1.807) is 17.5 Å². The first-order valence-electron chi connectivity index (χ1n) is 5.84. The Morgan fingerprint density at radius 3 is 3.06 bits per heavy atom. The number of thiophene rings is 1. The standard InChI is InChI=1S/C14H15N3S/c1-17(7-5-14-3-2-8-18-14)11-12-4-6-16-13(9-12)10-15/h2-4,6,8-9H,5,7,11H2,1H3. The minimum atomic E-state index is 0.485. The van der Waals surface area contributed by atoms with Gasteiger partial charge in [-0.1, -0.05) is 6.07 Å². The van der Waals surface area contributed by atoms with E-state index in [2.05, 4.69) is 40.5 Å². The second-order valence-corrected chi connectivity index (χ2v) is 5.26. The first-order valence-corrected chi connectivity index (χ1v) is 6.72. The molecule has 0 aromatic carbocycles. The molecule has 0 amide bonds. The quantitative estimate of drug-likeness (QED) is 0.826. The van der Waals surface area contributed by atoms with Gasteiger partial charge in [0.2, 0.25) is 0 Å². The first kappa shape index (κ1) is 12.7. The Hall–Kier alpha value is -1.70. The molecule has 0 atom stereocenters. The van der Waals surface area contributed by atoms with Gasteiger partial charge >= 0.3 is 0 Å². The first-order chi connectivity index (χ1) is 8.78. The van der Waals surface area contributed by atoms with E-state index in [1.165, 1.54) is 4.88 Å². The van der Waals surface area contributed by atoms with Crippen molar-refractivity contribution in [2.75, 3.05) is 13.6 Å². The third kappa shape index (κ3) is 3.66. The van der Waals surface area contributed by atoms with Gasteiger partial charge < -0.3 is 4.90 Å². The smallest absolute Gasteiger partial charge is 0.140 e. The summed E-state index contributed by atoms with van der Waals surface area (Å²) in [5, 5.41) is 10.9. The fraction of sp³-hybridized carbons (Fsp3) is 0.286. The minimum absolute atomic E-state index is 0.485. The normalized spacial score (nSPS) is 10.5. The van der Waals surface area contributed by atoms with Crippen molar-refractivity contribution in [2.24, 2.45) is 0 Å². The van der Waals surface area contributed by atoms with Crippen molar-refractivity contribution in [3.8, 4) is 6.07 Å². The van der Waals surface area contributed by atoms with E-state index in [-0.39, 0.29) is 0 Å². The fourth-order valence-electron chi connectivity index (χ4n) is 1.78. The molecule has 2 aromatic heterocycles. The summed E-state index contributed by atoms with van der Waals surface area (Å²) < 4.78 is 0. The lowest BCUT2D eigenvalue weighted by Crippen LogP contribution is -2.20. The highest BCUT2D eigenvalue weighted by Gasteiger charge is 2.03. The van der Waals surface area contributed by atoms with Crippen LogP contribution in [0.2, 0.25) is 0 Å². The highest BCUT2D eigenvalue weighted by Crippen LogP contribution is 2.10. The number of rotatable bonds is 5. The highest BCUT2D eigenvalue weighted by molar-refractivity contribution is 7.09. The molecule has 0 N–H and O–H groups in total. The molecule has 0 spiro atoms. The number of hydrogen-bond donors (Lipinski definition) is 0. The Morgan fingerprint density at radius 2 is 2.33 bits per heavy atom. The highest BCUT2D eigenvalue weighted by atomic mass is 32.1. The zero-order valence-corrected chi connectivity index (χ0v) is 11.2. The molecule has 0 saturated carbocycles. The van der Waals surface area contributed by atoms with Crippen molar-refractivity contribution < 1.29 is 0 Å². The summed E-state index contributed by atoms with van der Waals surface area (Å²) in [6.45, 7) is 1.87. The lowest BCUT2D eigenvalue weighted by atomic mass is 10.2. The lowest BCUT2D eigenvalue weighted by Gasteiger charge is -2.16. The van der Waals surface area contributed by atoms with Gasteiger partial charge in [0.25, 0.3) is 0 Å². The predicted molar refractivity (Wildman–Crippen MR) is 73.3 cm³/mol. The Labute approximate surface area is 111 Å². The molecule has 92 valence electrons. The van der Waals surface area contributed by atoms with E-state index >= 15 is 0 Å². The Morgan fingerprint density at radius 1 is 1.44 bits per heavy atom. The molecule has 0 aliphatic carbocycles. The maximum Gasteiger partial charge on any atom is 0.140 e. The second kappa shape index (κ2) is 6.29. The van der Waals surface area contributed by atoms with Crippen molar-refractivity contribution in [3.63, 3.8) is 0 Å². The number of aromatic nitrogens is 1. The number of pyridine rings is 1. The number of nitrogens with zero attached hydrogens (tertiary/aromatic N) is 3. The van der Waals surface area contributed by atoms with E-state index in [0.29, 0.717) is 5.69 Å². The Bertz CT molecular complexity index is 528. The molecule has 2 rings (SSSR count). The van der Waals surface area contributed by atoms with Crippen LogP contribution >= 0.6 is 11.3 Å². The molecule has 2 aromatic rings. The number of nitriles is 1. The molecule has 0 aliphatic rings. The maximum absolute atomic E-state index is 8.80. The molecule has 3 nitrogen and oxygen atoms in total. The molecular formula is C14H15N3S. The number of likely N-dealkylation sites (N-methyl/N-ethyl adjacent to an activating group) is 1. The van der Waals surface area contributed by atoms with Gasteiger partial charge in [-0.25, -0.2) is 4.98 Å². The van der Waals surface area contributed by atoms with Gasteiger partial charge in [-0.3, -0.25) is 0 Å². The Kier molecular flexibility index (Phi) is 4.46. The molecule has 0 fully saturated rings. The Balaban J connectivity index is 1.87. The molecule has 0 unspecified atom stereocenters. The zero-order chi connectivity index (χ0) is 12.8. The van der Waals surface area contributed by atoms with Crippen LogP contribution < -0.4 is 0 Å². The van der Waals surface area contributed by atoms with Gasteiger partial charge in [0.05, 0.1) is 0 Å². The van der Waals surface area contributed by atoms with E-state index in [1.807, 2.05) is 12.1 Å². The molecule has 2 heterocycles. The van der Waals surface area contributed by atoms with Crippen LogP contribution in [0.5, 0.6) is 0 Å². The molecule has 4 heteroatoms. The summed E-state index contributed by atoms with van der Waals surface area (Å²) >= 11 is 1.80. The lowest BCUT2D eigenvalue weighted by molar-refractivity contribution is 0.332. The van der Waals surface area contributed by atoms with Gasteiger partial charge in [0, 0.05) is 24.2 Å². The molecule has 0 radical (unpaired) electrons. The molecule has 0 bridgehead atoms. The van der Waals surface area contributed by atoms with Crippen LogP contribution in [0, 0.1) is 11.3 Å².